The van der Waals surface area contributed by atoms with Crippen LogP contribution in [0.4, 0.5) is 4.39 Å². The number of carbonyl (C=O) groups is 2. The normalized spacial score (nSPS) is 17.4. The molecule has 9 heteroatoms. The first-order chi connectivity index (χ1) is 13.6. The van der Waals surface area contributed by atoms with E-state index in [2.05, 4.69) is 0 Å². The van der Waals surface area contributed by atoms with E-state index in [-0.39, 0.29) is 18.7 Å². The van der Waals surface area contributed by atoms with Crippen molar-refractivity contribution >= 4 is 21.8 Å². The monoisotopic (exact) mass is 422 g/mol. The molecular formula is C20H23FN2O5S. The van der Waals surface area contributed by atoms with Crippen LogP contribution >= 0.6 is 0 Å². The molecule has 1 aromatic carbocycles. The van der Waals surface area contributed by atoms with E-state index in [9.17, 15) is 22.4 Å². The Hall–Kier alpha value is -2.52. The molecule has 2 aromatic rings. The van der Waals surface area contributed by atoms with Crippen LogP contribution in [0.1, 0.15) is 34.6 Å². The van der Waals surface area contributed by atoms with Gasteiger partial charge in [0.2, 0.25) is 15.8 Å². The maximum Gasteiger partial charge on any atom is 0.324 e. The minimum absolute atomic E-state index is 0.0847. The summed E-state index contributed by atoms with van der Waals surface area (Å²) in [5.41, 5.74) is 2.11. The van der Waals surface area contributed by atoms with Crippen LogP contribution in [0.2, 0.25) is 0 Å². The molecule has 1 aliphatic heterocycles. The zero-order chi connectivity index (χ0) is 21.3. The molecule has 1 aromatic heterocycles. The summed E-state index contributed by atoms with van der Waals surface area (Å²) < 4.78 is 47.6. The van der Waals surface area contributed by atoms with Crippen molar-refractivity contribution in [2.24, 2.45) is 7.05 Å². The van der Waals surface area contributed by atoms with Gasteiger partial charge in [0, 0.05) is 30.5 Å². The van der Waals surface area contributed by atoms with E-state index < -0.39 is 39.4 Å². The fourth-order valence-corrected chi connectivity index (χ4v) is 5.21. The summed E-state index contributed by atoms with van der Waals surface area (Å²) in [6.07, 6.45) is 0.697. The maximum atomic E-state index is 14.0. The number of aryl methyl sites for hydroxylation is 1. The van der Waals surface area contributed by atoms with Gasteiger partial charge in [-0.3, -0.25) is 9.59 Å². The van der Waals surface area contributed by atoms with Gasteiger partial charge in [-0.1, -0.05) is 12.1 Å². The van der Waals surface area contributed by atoms with Crippen LogP contribution in [-0.2, 0) is 26.6 Å². The number of sulfonamides is 1. The third kappa shape index (κ3) is 3.97. The van der Waals surface area contributed by atoms with Crippen molar-refractivity contribution in [1.82, 2.24) is 8.87 Å². The molecule has 3 rings (SSSR count). The Morgan fingerprint density at radius 3 is 2.55 bits per heavy atom. The van der Waals surface area contributed by atoms with E-state index in [0.29, 0.717) is 12.0 Å². The summed E-state index contributed by atoms with van der Waals surface area (Å²) in [6, 6.07) is 5.67. The molecule has 1 aliphatic rings. The number of rotatable bonds is 6. The first kappa shape index (κ1) is 21.2. The first-order valence-electron chi connectivity index (χ1n) is 9.23. The Labute approximate surface area is 169 Å². The summed E-state index contributed by atoms with van der Waals surface area (Å²) in [5, 5.41) is 0. The summed E-state index contributed by atoms with van der Waals surface area (Å²) in [4.78, 5) is 24.5. The van der Waals surface area contributed by atoms with E-state index in [1.165, 1.54) is 12.1 Å². The number of hydrogen-bond acceptors (Lipinski definition) is 5. The molecule has 0 saturated carbocycles. The number of aromatic nitrogens is 1. The lowest BCUT2D eigenvalue weighted by molar-refractivity contribution is -0.146. The van der Waals surface area contributed by atoms with E-state index in [1.54, 1.807) is 13.0 Å². The Balaban J connectivity index is 1.73. The van der Waals surface area contributed by atoms with E-state index in [4.69, 9.17) is 4.74 Å². The highest BCUT2D eigenvalue weighted by molar-refractivity contribution is 7.89. The Morgan fingerprint density at radius 1 is 1.24 bits per heavy atom. The van der Waals surface area contributed by atoms with Crippen LogP contribution in [0.25, 0.3) is 0 Å². The van der Waals surface area contributed by atoms with Gasteiger partial charge in [0.1, 0.15) is 16.8 Å². The number of ketones is 1. The second kappa shape index (κ2) is 8.08. The zero-order valence-corrected chi connectivity index (χ0v) is 17.3. The van der Waals surface area contributed by atoms with Crippen LogP contribution < -0.4 is 0 Å². The van der Waals surface area contributed by atoms with E-state index in [1.807, 2.05) is 18.5 Å². The lowest BCUT2D eigenvalue weighted by Gasteiger charge is -2.22. The van der Waals surface area contributed by atoms with Crippen LogP contribution in [0.3, 0.4) is 0 Å². The highest BCUT2D eigenvalue weighted by Crippen LogP contribution is 2.28. The molecule has 0 radical (unpaired) electrons. The number of Topliss-reactive ketones (excluding diaryl/α,β-unsaturated/α-hetero) is 1. The summed E-state index contributed by atoms with van der Waals surface area (Å²) in [7, 11) is -2.36. The smallest absolute Gasteiger partial charge is 0.324 e. The Kier molecular flexibility index (Phi) is 5.90. The molecule has 1 saturated heterocycles. The largest absolute Gasteiger partial charge is 0.456 e. The summed E-state index contributed by atoms with van der Waals surface area (Å²) in [6.45, 7) is 3.26. The predicted molar refractivity (Wildman–Crippen MR) is 103 cm³/mol. The standard InChI is InChI=1S/C20H23FN2O5S/c1-13-11-15(14(2)22(13)3)18(24)12-28-20(25)17-8-6-10-23(17)29(26,27)19-9-5-4-7-16(19)21/h4-5,7,9,11,17H,6,8,10,12H2,1-3H3/t17-/m0/s1. The fourth-order valence-electron chi connectivity index (χ4n) is 3.49. The van der Waals surface area contributed by atoms with Gasteiger partial charge in [-0.2, -0.15) is 4.31 Å². The van der Waals surface area contributed by atoms with Crippen LogP contribution in [0.5, 0.6) is 0 Å². The molecule has 0 spiro atoms. The lowest BCUT2D eigenvalue weighted by atomic mass is 10.1. The van der Waals surface area contributed by atoms with Gasteiger partial charge in [0.15, 0.2) is 6.61 Å². The Morgan fingerprint density at radius 2 is 1.93 bits per heavy atom. The number of esters is 1. The van der Waals surface area contributed by atoms with Gasteiger partial charge in [-0.15, -0.1) is 0 Å². The van der Waals surface area contributed by atoms with Crippen LogP contribution in [-0.4, -0.2) is 48.2 Å². The van der Waals surface area contributed by atoms with Crippen molar-refractivity contribution in [2.75, 3.05) is 13.2 Å². The van der Waals surface area contributed by atoms with E-state index in [0.717, 1.165) is 27.8 Å². The number of benzene rings is 1. The fraction of sp³-hybridized carbons (Fsp3) is 0.400. The number of ether oxygens (including phenoxy) is 1. The number of carbonyl (C=O) groups excluding carboxylic acids is 2. The molecule has 0 aliphatic carbocycles. The highest BCUT2D eigenvalue weighted by atomic mass is 32.2. The van der Waals surface area contributed by atoms with Crippen molar-refractivity contribution in [3.05, 3.63) is 53.1 Å². The van der Waals surface area contributed by atoms with Gasteiger partial charge in [-0.25, -0.2) is 12.8 Å². The molecule has 1 atom stereocenters. The van der Waals surface area contributed by atoms with Crippen LogP contribution in [0, 0.1) is 19.7 Å². The van der Waals surface area contributed by atoms with E-state index >= 15 is 0 Å². The molecule has 0 unspecified atom stereocenters. The third-order valence-corrected chi connectivity index (χ3v) is 7.26. The average Bonchev–Trinajstić information content (AvgIpc) is 3.28. The summed E-state index contributed by atoms with van der Waals surface area (Å²) >= 11 is 0. The molecule has 29 heavy (non-hydrogen) atoms. The number of halogens is 1. The molecular weight excluding hydrogens is 399 g/mol. The topological polar surface area (TPSA) is 85.7 Å². The third-order valence-electron chi connectivity index (χ3n) is 5.32. The molecule has 1 fully saturated rings. The minimum Gasteiger partial charge on any atom is -0.456 e. The minimum atomic E-state index is -4.19. The zero-order valence-electron chi connectivity index (χ0n) is 16.5. The molecule has 7 nitrogen and oxygen atoms in total. The van der Waals surface area contributed by atoms with Crippen molar-refractivity contribution in [3.63, 3.8) is 0 Å². The lowest BCUT2D eigenvalue weighted by Crippen LogP contribution is -2.42. The van der Waals surface area contributed by atoms with Crippen molar-refractivity contribution in [2.45, 2.75) is 37.6 Å². The van der Waals surface area contributed by atoms with Gasteiger partial charge < -0.3 is 9.30 Å². The summed E-state index contributed by atoms with van der Waals surface area (Å²) in [5.74, 6) is -2.04. The van der Waals surface area contributed by atoms with Gasteiger partial charge in [0.25, 0.3) is 0 Å². The molecule has 2 heterocycles. The average molecular weight is 422 g/mol. The number of nitrogens with zero attached hydrogens (tertiary/aromatic N) is 2. The number of hydrogen-bond donors (Lipinski definition) is 0. The quantitative estimate of drug-likeness (QED) is 0.527. The Bertz CT molecular complexity index is 1060. The first-order valence-corrected chi connectivity index (χ1v) is 10.7. The molecule has 156 valence electrons. The SMILES string of the molecule is Cc1cc(C(=O)COC(=O)[C@@H]2CCCN2S(=O)(=O)c2ccccc2F)c(C)n1C. The van der Waals surface area contributed by atoms with Crippen molar-refractivity contribution < 1.29 is 27.1 Å². The van der Waals surface area contributed by atoms with Gasteiger partial charge in [0.05, 0.1) is 0 Å². The van der Waals surface area contributed by atoms with Gasteiger partial charge >= 0.3 is 5.97 Å². The molecule has 0 bridgehead atoms. The highest BCUT2D eigenvalue weighted by Gasteiger charge is 2.41. The second-order valence-corrected chi connectivity index (χ2v) is 8.94. The molecule has 0 N–H and O–H groups in total. The predicted octanol–water partition coefficient (Wildman–Crippen LogP) is 2.36. The van der Waals surface area contributed by atoms with Crippen LogP contribution in [0.15, 0.2) is 35.2 Å². The van der Waals surface area contributed by atoms with Crippen molar-refractivity contribution in [1.29, 1.82) is 0 Å². The van der Waals surface area contributed by atoms with Crippen molar-refractivity contribution in [3.8, 4) is 0 Å². The molecule has 0 amide bonds. The second-order valence-electron chi connectivity index (χ2n) is 7.08. The maximum absolute atomic E-state index is 14.0. The van der Waals surface area contributed by atoms with Gasteiger partial charge in [-0.05, 0) is 44.9 Å².